The Balaban J connectivity index is 1.56. The number of ether oxygens (including phenoxy) is 3. The second kappa shape index (κ2) is 11.6. The van der Waals surface area contributed by atoms with Gasteiger partial charge >= 0.3 is 0 Å². The van der Waals surface area contributed by atoms with Crippen LogP contribution < -0.4 is 9.47 Å². The van der Waals surface area contributed by atoms with E-state index in [0.717, 1.165) is 18.7 Å². The van der Waals surface area contributed by atoms with Crippen molar-refractivity contribution in [2.24, 2.45) is 0 Å². The molecule has 10 heteroatoms. The first-order chi connectivity index (χ1) is 18.9. The van der Waals surface area contributed by atoms with Gasteiger partial charge in [-0.15, -0.1) is 11.3 Å². The van der Waals surface area contributed by atoms with Crippen molar-refractivity contribution in [3.05, 3.63) is 76.0 Å². The molecule has 204 valence electrons. The van der Waals surface area contributed by atoms with E-state index in [4.69, 9.17) is 14.2 Å². The van der Waals surface area contributed by atoms with E-state index in [2.05, 4.69) is 9.88 Å². The Labute approximate surface area is 231 Å². The van der Waals surface area contributed by atoms with Gasteiger partial charge in [0.15, 0.2) is 5.76 Å². The summed E-state index contributed by atoms with van der Waals surface area (Å²) in [6.45, 7) is 5.41. The molecule has 2 aromatic carbocycles. The first kappa shape index (κ1) is 26.9. The van der Waals surface area contributed by atoms with Gasteiger partial charge in [-0.05, 0) is 25.1 Å². The number of amides is 1. The van der Waals surface area contributed by atoms with Crippen LogP contribution in [0.5, 0.6) is 11.5 Å². The lowest BCUT2D eigenvalue weighted by molar-refractivity contribution is -0.129. The lowest BCUT2D eigenvalue weighted by Crippen LogP contribution is -2.43. The quantitative estimate of drug-likeness (QED) is 0.399. The van der Waals surface area contributed by atoms with Crippen molar-refractivity contribution in [1.29, 1.82) is 0 Å². The van der Waals surface area contributed by atoms with Gasteiger partial charge in [-0.3, -0.25) is 14.5 Å². The number of hydrogen-bond donors (Lipinski definition) is 1. The van der Waals surface area contributed by atoms with Crippen molar-refractivity contribution >= 4 is 23.0 Å². The first-order valence-corrected chi connectivity index (χ1v) is 13.6. The molecule has 2 aliphatic rings. The van der Waals surface area contributed by atoms with Crippen LogP contribution in [-0.4, -0.2) is 85.2 Å². The average molecular weight is 550 g/mol. The lowest BCUT2D eigenvalue weighted by Gasteiger charge is -2.32. The number of aliphatic hydroxyl groups is 1. The minimum absolute atomic E-state index is 0.0138. The van der Waals surface area contributed by atoms with Crippen molar-refractivity contribution in [3.63, 3.8) is 0 Å². The number of carbonyl (C=O) groups is 2. The third kappa shape index (κ3) is 5.27. The van der Waals surface area contributed by atoms with Gasteiger partial charge in [0, 0.05) is 37.3 Å². The van der Waals surface area contributed by atoms with Crippen molar-refractivity contribution in [2.75, 3.05) is 53.6 Å². The number of morpholine rings is 1. The topological polar surface area (TPSA) is 101 Å². The number of Topliss-reactive ketones (excluding diaryl/α,β-unsaturated/α-hetero) is 1. The van der Waals surface area contributed by atoms with Crippen molar-refractivity contribution in [1.82, 2.24) is 14.8 Å². The Hall–Kier alpha value is -3.73. The minimum atomic E-state index is -0.863. The number of aliphatic hydroxyl groups excluding tert-OH is 1. The largest absolute Gasteiger partial charge is 0.503 e. The van der Waals surface area contributed by atoms with Gasteiger partial charge < -0.3 is 24.2 Å². The third-order valence-corrected chi connectivity index (χ3v) is 8.27. The molecule has 1 atom stereocenters. The van der Waals surface area contributed by atoms with Gasteiger partial charge in [-0.25, -0.2) is 4.98 Å². The summed E-state index contributed by atoms with van der Waals surface area (Å²) in [6.07, 6.45) is 0. The van der Waals surface area contributed by atoms with Crippen molar-refractivity contribution < 1.29 is 28.9 Å². The van der Waals surface area contributed by atoms with Gasteiger partial charge in [-0.2, -0.15) is 0 Å². The second-order valence-electron chi connectivity index (χ2n) is 9.35. The Morgan fingerprint density at radius 2 is 1.85 bits per heavy atom. The highest BCUT2D eigenvalue weighted by molar-refractivity contribution is 7.17. The first-order valence-electron chi connectivity index (χ1n) is 12.8. The molecule has 1 amide bonds. The fourth-order valence-electron chi connectivity index (χ4n) is 5.00. The molecule has 1 aromatic heterocycles. The fraction of sp³-hybridized carbons (Fsp3) is 0.345. The number of nitrogens with zero attached hydrogens (tertiary/aromatic N) is 3. The number of aromatic nitrogens is 1. The van der Waals surface area contributed by atoms with E-state index >= 15 is 0 Å². The van der Waals surface area contributed by atoms with Crippen LogP contribution in [0, 0.1) is 6.92 Å². The molecule has 9 nitrogen and oxygen atoms in total. The molecular formula is C29H31N3O6S. The molecule has 1 saturated heterocycles. The predicted molar refractivity (Wildman–Crippen MR) is 148 cm³/mol. The maximum Gasteiger partial charge on any atom is 0.290 e. The molecule has 0 bridgehead atoms. The average Bonchev–Trinajstić information content (AvgIpc) is 3.49. The standard InChI is InChI=1S/C29H31N3O6S/c1-18-27(39-28(30-18)19-7-5-4-6-8-19)25(33)23-24(21-17-20(36-2)9-10-22(21)37-3)32(29(35)26(23)34)12-11-31-13-15-38-16-14-31/h4-10,17,24,34H,11-16H2,1-3H3. The molecule has 3 heterocycles. The number of ketones is 1. The molecule has 0 spiro atoms. The molecule has 1 fully saturated rings. The Bertz CT molecular complexity index is 1400. The molecule has 0 saturated carbocycles. The lowest BCUT2D eigenvalue weighted by atomic mass is 9.94. The summed E-state index contributed by atoms with van der Waals surface area (Å²) in [5, 5.41) is 11.9. The van der Waals surface area contributed by atoms with E-state index in [1.54, 1.807) is 37.1 Å². The van der Waals surface area contributed by atoms with Crippen molar-refractivity contribution in [2.45, 2.75) is 13.0 Å². The third-order valence-electron chi connectivity index (χ3n) is 7.06. The molecule has 39 heavy (non-hydrogen) atoms. The van der Waals surface area contributed by atoms with E-state index < -0.39 is 23.5 Å². The molecular weight excluding hydrogens is 518 g/mol. The van der Waals surface area contributed by atoms with E-state index in [-0.39, 0.29) is 5.57 Å². The summed E-state index contributed by atoms with van der Waals surface area (Å²) >= 11 is 1.25. The zero-order valence-corrected chi connectivity index (χ0v) is 23.0. The molecule has 2 aliphatic heterocycles. The Morgan fingerprint density at radius 1 is 1.10 bits per heavy atom. The Kier molecular flexibility index (Phi) is 7.97. The highest BCUT2D eigenvalue weighted by Crippen LogP contribution is 2.44. The smallest absolute Gasteiger partial charge is 0.290 e. The number of aryl methyl sites for hydroxylation is 1. The SMILES string of the molecule is COc1ccc(OC)c(C2C(C(=O)c3sc(-c4ccccc4)nc3C)=C(O)C(=O)N2CCN2CCOCC2)c1. The van der Waals surface area contributed by atoms with Gasteiger partial charge in [0.25, 0.3) is 5.91 Å². The number of methoxy groups -OCH3 is 2. The summed E-state index contributed by atoms with van der Waals surface area (Å²) in [7, 11) is 3.08. The molecule has 1 unspecified atom stereocenters. The van der Waals surface area contributed by atoms with Crippen LogP contribution >= 0.6 is 11.3 Å². The number of hydrogen-bond acceptors (Lipinski definition) is 9. The van der Waals surface area contributed by atoms with E-state index in [1.165, 1.54) is 18.4 Å². The maximum absolute atomic E-state index is 14.1. The summed E-state index contributed by atoms with van der Waals surface area (Å²) in [4.78, 5) is 36.4. The molecule has 0 radical (unpaired) electrons. The van der Waals surface area contributed by atoms with Crippen LogP contribution in [0.15, 0.2) is 59.9 Å². The second-order valence-corrected chi connectivity index (χ2v) is 10.4. The molecule has 5 rings (SSSR count). The molecule has 3 aromatic rings. The molecule has 1 N–H and O–H groups in total. The van der Waals surface area contributed by atoms with Crippen LogP contribution in [0.4, 0.5) is 0 Å². The fourth-order valence-corrected chi connectivity index (χ4v) is 6.03. The van der Waals surface area contributed by atoms with E-state index in [1.807, 2.05) is 30.3 Å². The van der Waals surface area contributed by atoms with Crippen molar-refractivity contribution in [3.8, 4) is 22.1 Å². The van der Waals surface area contributed by atoms with Crippen LogP contribution in [0.1, 0.15) is 27.0 Å². The highest BCUT2D eigenvalue weighted by atomic mass is 32.1. The zero-order chi connectivity index (χ0) is 27.5. The van der Waals surface area contributed by atoms with Gasteiger partial charge in [0.1, 0.15) is 16.5 Å². The van der Waals surface area contributed by atoms with Gasteiger partial charge in [0.2, 0.25) is 5.78 Å². The number of thiazole rings is 1. The molecule has 0 aliphatic carbocycles. The predicted octanol–water partition coefficient (Wildman–Crippen LogP) is 4.05. The number of rotatable bonds is 9. The highest BCUT2D eigenvalue weighted by Gasteiger charge is 2.45. The normalized spacial score (nSPS) is 18.1. The monoisotopic (exact) mass is 549 g/mol. The van der Waals surface area contributed by atoms with Crippen LogP contribution in [0.3, 0.4) is 0 Å². The van der Waals surface area contributed by atoms with Crippen LogP contribution in [-0.2, 0) is 9.53 Å². The minimum Gasteiger partial charge on any atom is -0.503 e. The Morgan fingerprint density at radius 3 is 2.54 bits per heavy atom. The van der Waals surface area contributed by atoms with Gasteiger partial charge in [0.05, 0.1) is 49.6 Å². The van der Waals surface area contributed by atoms with Crippen LogP contribution in [0.2, 0.25) is 0 Å². The summed E-state index contributed by atoms with van der Waals surface area (Å²) in [5.41, 5.74) is 2.01. The van der Waals surface area contributed by atoms with E-state index in [0.29, 0.717) is 58.9 Å². The van der Waals surface area contributed by atoms with Gasteiger partial charge in [-0.1, -0.05) is 30.3 Å². The number of carbonyl (C=O) groups excluding carboxylic acids is 2. The zero-order valence-electron chi connectivity index (χ0n) is 22.2. The van der Waals surface area contributed by atoms with E-state index in [9.17, 15) is 14.7 Å². The summed E-state index contributed by atoms with van der Waals surface area (Å²) < 4.78 is 16.5. The maximum atomic E-state index is 14.1. The van der Waals surface area contributed by atoms with Crippen LogP contribution in [0.25, 0.3) is 10.6 Å². The number of benzene rings is 2. The summed E-state index contributed by atoms with van der Waals surface area (Å²) in [5.74, 6) is -0.541. The summed E-state index contributed by atoms with van der Waals surface area (Å²) in [6, 6.07) is 14.0.